The molecule has 1 aromatic rings. The van der Waals surface area contributed by atoms with Crippen molar-refractivity contribution >= 4 is 11.7 Å². The van der Waals surface area contributed by atoms with E-state index in [1.165, 1.54) is 11.1 Å². The normalized spacial score (nSPS) is 16.6. The molecule has 1 aliphatic rings. The van der Waals surface area contributed by atoms with Gasteiger partial charge in [0.05, 0.1) is 5.41 Å². The molecule has 1 aliphatic carbocycles. The number of aliphatic carboxylic acids is 1. The van der Waals surface area contributed by atoms with Crippen molar-refractivity contribution in [2.24, 2.45) is 5.41 Å². The smallest absolute Gasteiger partial charge is 0.311 e. The molecule has 0 radical (unpaired) electrons. The number of benzene rings is 1. The second-order valence-corrected chi connectivity index (χ2v) is 5.21. The Labute approximate surface area is 102 Å². The molecule has 0 aromatic heterocycles. The summed E-state index contributed by atoms with van der Waals surface area (Å²) in [6, 6.07) is 6.26. The number of anilines is 1. The maximum atomic E-state index is 11.1. The van der Waals surface area contributed by atoms with Crippen LogP contribution in [0, 0.1) is 19.3 Å². The molecule has 1 fully saturated rings. The number of aryl methyl sites for hydroxylation is 2. The van der Waals surface area contributed by atoms with Crippen molar-refractivity contribution in [1.29, 1.82) is 0 Å². The monoisotopic (exact) mass is 233 g/mol. The van der Waals surface area contributed by atoms with Gasteiger partial charge in [0.25, 0.3) is 0 Å². The Morgan fingerprint density at radius 3 is 2.47 bits per heavy atom. The van der Waals surface area contributed by atoms with Crippen LogP contribution in [0.5, 0.6) is 0 Å². The third kappa shape index (κ3) is 2.28. The van der Waals surface area contributed by atoms with Crippen LogP contribution in [-0.4, -0.2) is 24.7 Å². The molecule has 0 unspecified atom stereocenters. The van der Waals surface area contributed by atoms with Gasteiger partial charge in [-0.3, -0.25) is 4.79 Å². The van der Waals surface area contributed by atoms with Gasteiger partial charge in [0.1, 0.15) is 0 Å². The van der Waals surface area contributed by atoms with Crippen LogP contribution in [0.25, 0.3) is 0 Å². The molecule has 0 spiro atoms. The number of hydrogen-bond acceptors (Lipinski definition) is 2. The molecule has 0 bridgehead atoms. The minimum absolute atomic E-state index is 0.493. The van der Waals surface area contributed by atoms with Crippen LogP contribution in [0.4, 0.5) is 5.69 Å². The predicted octanol–water partition coefficient (Wildman–Crippen LogP) is 2.60. The lowest BCUT2D eigenvalue weighted by molar-refractivity contribution is -0.142. The lowest BCUT2D eigenvalue weighted by Gasteiger charge is -2.23. The van der Waals surface area contributed by atoms with Crippen LogP contribution in [0.1, 0.15) is 24.0 Å². The average Bonchev–Trinajstić information content (AvgIpc) is 3.03. The average molecular weight is 233 g/mol. The fourth-order valence-corrected chi connectivity index (χ4v) is 2.10. The summed E-state index contributed by atoms with van der Waals surface area (Å²) in [6.45, 7) is 4.76. The van der Waals surface area contributed by atoms with Crippen molar-refractivity contribution in [2.45, 2.75) is 26.7 Å². The minimum Gasteiger partial charge on any atom is -0.481 e. The van der Waals surface area contributed by atoms with E-state index < -0.39 is 11.4 Å². The number of nitrogens with zero attached hydrogens (tertiary/aromatic N) is 1. The maximum Gasteiger partial charge on any atom is 0.311 e. The Balaban J connectivity index is 2.12. The second-order valence-electron chi connectivity index (χ2n) is 5.21. The number of carboxylic acids is 1. The molecule has 92 valence electrons. The van der Waals surface area contributed by atoms with E-state index in [-0.39, 0.29) is 0 Å². The van der Waals surface area contributed by atoms with Crippen LogP contribution in [0.3, 0.4) is 0 Å². The Bertz CT molecular complexity index is 450. The molecule has 17 heavy (non-hydrogen) atoms. The first-order valence-corrected chi connectivity index (χ1v) is 5.96. The highest BCUT2D eigenvalue weighted by Gasteiger charge is 2.50. The lowest BCUT2D eigenvalue weighted by Crippen LogP contribution is -2.31. The summed E-state index contributed by atoms with van der Waals surface area (Å²) in [4.78, 5) is 13.2. The fraction of sp³-hybridized carbons (Fsp3) is 0.500. The zero-order valence-electron chi connectivity index (χ0n) is 10.7. The van der Waals surface area contributed by atoms with Crippen molar-refractivity contribution < 1.29 is 9.90 Å². The van der Waals surface area contributed by atoms with Gasteiger partial charge >= 0.3 is 5.97 Å². The quantitative estimate of drug-likeness (QED) is 0.869. The van der Waals surface area contributed by atoms with Gasteiger partial charge in [0.2, 0.25) is 0 Å². The van der Waals surface area contributed by atoms with Gasteiger partial charge in [0.15, 0.2) is 0 Å². The Hall–Kier alpha value is -1.51. The summed E-state index contributed by atoms with van der Waals surface area (Å²) >= 11 is 0. The van der Waals surface area contributed by atoms with Crippen molar-refractivity contribution in [3.8, 4) is 0 Å². The van der Waals surface area contributed by atoms with Crippen molar-refractivity contribution in [2.75, 3.05) is 18.5 Å². The van der Waals surface area contributed by atoms with Crippen molar-refractivity contribution in [3.63, 3.8) is 0 Å². The Morgan fingerprint density at radius 2 is 2.00 bits per heavy atom. The summed E-state index contributed by atoms with van der Waals surface area (Å²) in [5, 5.41) is 9.17. The number of carboxylic acid groups (broad SMARTS) is 1. The van der Waals surface area contributed by atoms with E-state index in [9.17, 15) is 9.90 Å². The van der Waals surface area contributed by atoms with Gasteiger partial charge in [-0.1, -0.05) is 6.07 Å². The van der Waals surface area contributed by atoms with E-state index in [1.807, 2.05) is 11.9 Å². The first-order valence-electron chi connectivity index (χ1n) is 5.96. The molecule has 2 rings (SSSR count). The van der Waals surface area contributed by atoms with Gasteiger partial charge in [-0.05, 0) is 49.9 Å². The van der Waals surface area contributed by atoms with Crippen LogP contribution < -0.4 is 4.90 Å². The van der Waals surface area contributed by atoms with E-state index in [0.717, 1.165) is 18.5 Å². The first-order chi connectivity index (χ1) is 7.94. The summed E-state index contributed by atoms with van der Waals surface area (Å²) in [6.07, 6.45) is 1.61. The lowest BCUT2D eigenvalue weighted by atomic mass is 10.1. The third-order valence-corrected chi connectivity index (χ3v) is 3.78. The fourth-order valence-electron chi connectivity index (χ4n) is 2.10. The molecule has 1 aromatic carbocycles. The zero-order chi connectivity index (χ0) is 12.6. The predicted molar refractivity (Wildman–Crippen MR) is 68.5 cm³/mol. The third-order valence-electron chi connectivity index (χ3n) is 3.78. The Kier molecular flexibility index (Phi) is 2.86. The van der Waals surface area contributed by atoms with E-state index in [0.29, 0.717) is 6.54 Å². The number of hydrogen-bond donors (Lipinski definition) is 1. The molecule has 0 aliphatic heterocycles. The Morgan fingerprint density at radius 1 is 1.35 bits per heavy atom. The van der Waals surface area contributed by atoms with Gasteiger partial charge < -0.3 is 10.0 Å². The van der Waals surface area contributed by atoms with Crippen LogP contribution in [-0.2, 0) is 4.79 Å². The van der Waals surface area contributed by atoms with E-state index in [2.05, 4.69) is 32.0 Å². The second kappa shape index (κ2) is 4.06. The molecular formula is C14H19NO2. The molecule has 3 heteroatoms. The van der Waals surface area contributed by atoms with Gasteiger partial charge in [-0.25, -0.2) is 0 Å². The highest BCUT2D eigenvalue weighted by Crippen LogP contribution is 2.46. The number of carbonyl (C=O) groups is 1. The van der Waals surface area contributed by atoms with E-state index in [4.69, 9.17) is 0 Å². The van der Waals surface area contributed by atoms with Crippen LogP contribution >= 0.6 is 0 Å². The largest absolute Gasteiger partial charge is 0.481 e. The highest BCUT2D eigenvalue weighted by molar-refractivity contribution is 5.78. The topological polar surface area (TPSA) is 40.5 Å². The molecule has 0 saturated heterocycles. The van der Waals surface area contributed by atoms with E-state index >= 15 is 0 Å². The van der Waals surface area contributed by atoms with Gasteiger partial charge in [-0.2, -0.15) is 0 Å². The highest BCUT2D eigenvalue weighted by atomic mass is 16.4. The summed E-state index contributed by atoms with van der Waals surface area (Å²) in [7, 11) is 1.97. The standard InChI is InChI=1S/C14H19NO2/c1-10-4-5-12(8-11(10)2)15(3)9-14(6-7-14)13(16)17/h4-5,8H,6-7,9H2,1-3H3,(H,16,17). The molecule has 0 atom stereocenters. The SMILES string of the molecule is Cc1ccc(N(C)CC2(C(=O)O)CC2)cc1C. The van der Waals surface area contributed by atoms with Crippen molar-refractivity contribution in [1.82, 2.24) is 0 Å². The zero-order valence-corrected chi connectivity index (χ0v) is 10.7. The molecule has 0 amide bonds. The molecule has 0 heterocycles. The summed E-state index contributed by atoms with van der Waals surface area (Å²) < 4.78 is 0. The molecule has 3 nitrogen and oxygen atoms in total. The van der Waals surface area contributed by atoms with Gasteiger partial charge in [-0.15, -0.1) is 0 Å². The molecule has 1 saturated carbocycles. The summed E-state index contributed by atoms with van der Waals surface area (Å²) in [5.74, 6) is -0.659. The van der Waals surface area contributed by atoms with E-state index in [1.54, 1.807) is 0 Å². The molecule has 1 N–H and O–H groups in total. The van der Waals surface area contributed by atoms with Crippen LogP contribution in [0.15, 0.2) is 18.2 Å². The maximum absolute atomic E-state index is 11.1. The minimum atomic E-state index is -0.659. The van der Waals surface area contributed by atoms with Crippen molar-refractivity contribution in [3.05, 3.63) is 29.3 Å². The first kappa shape index (κ1) is 12.0. The van der Waals surface area contributed by atoms with Gasteiger partial charge in [0, 0.05) is 19.3 Å². The summed E-state index contributed by atoms with van der Waals surface area (Å²) in [5.41, 5.74) is 3.12. The number of rotatable bonds is 4. The molecular weight excluding hydrogens is 214 g/mol. The van der Waals surface area contributed by atoms with Crippen LogP contribution in [0.2, 0.25) is 0 Å².